The molecule has 0 aliphatic carbocycles. The van der Waals surface area contributed by atoms with E-state index >= 15 is 0 Å². The summed E-state index contributed by atoms with van der Waals surface area (Å²) in [5.74, 6) is -1.74. The molecule has 2 aromatic carbocycles. The van der Waals surface area contributed by atoms with Gasteiger partial charge in [0.1, 0.15) is 16.3 Å². The molecule has 0 N–H and O–H groups in total. The van der Waals surface area contributed by atoms with Crippen molar-refractivity contribution in [2.24, 2.45) is 0 Å². The summed E-state index contributed by atoms with van der Waals surface area (Å²) in [7, 11) is 0. The number of fused-ring (bicyclic) bond motifs is 1. The minimum Gasteiger partial charge on any atom is -0.288 e. The molecule has 0 saturated heterocycles. The third-order valence-electron chi connectivity index (χ3n) is 4.37. The second kappa shape index (κ2) is 6.59. The van der Waals surface area contributed by atoms with Gasteiger partial charge in [0.2, 0.25) is 0 Å². The Balaban J connectivity index is 1.99. The zero-order chi connectivity index (χ0) is 19.1. The lowest BCUT2D eigenvalue weighted by molar-refractivity contribution is 0.572. The molecule has 7 heteroatoms. The summed E-state index contributed by atoms with van der Waals surface area (Å²) in [5.41, 5.74) is 0.909. The predicted octanol–water partition coefficient (Wildman–Crippen LogP) is 3.85. The van der Waals surface area contributed by atoms with Gasteiger partial charge in [-0.25, -0.2) is 18.1 Å². The number of aryl methyl sites for hydroxylation is 1. The zero-order valence-corrected chi connectivity index (χ0v) is 15.1. The van der Waals surface area contributed by atoms with Crippen LogP contribution in [0.1, 0.15) is 11.1 Å². The smallest absolute Gasteiger partial charge is 0.288 e. The van der Waals surface area contributed by atoms with Gasteiger partial charge in [0.25, 0.3) is 5.56 Å². The van der Waals surface area contributed by atoms with Crippen LogP contribution in [-0.2, 0) is 6.54 Å². The van der Waals surface area contributed by atoms with Crippen LogP contribution in [0.4, 0.5) is 8.78 Å². The van der Waals surface area contributed by atoms with Crippen LogP contribution in [0.15, 0.2) is 63.5 Å². The number of hydrogen-bond donors (Lipinski definition) is 0. The molecule has 4 nitrogen and oxygen atoms in total. The summed E-state index contributed by atoms with van der Waals surface area (Å²) in [5, 5.41) is 1.71. The topological polar surface area (TPSA) is 44.0 Å². The van der Waals surface area contributed by atoms with Gasteiger partial charge >= 0.3 is 5.69 Å². The Morgan fingerprint density at radius 2 is 1.74 bits per heavy atom. The molecule has 0 radical (unpaired) electrons. The maximum absolute atomic E-state index is 14.3. The van der Waals surface area contributed by atoms with Gasteiger partial charge in [-0.2, -0.15) is 0 Å². The fraction of sp³-hybridized carbons (Fsp3) is 0.100. The van der Waals surface area contributed by atoms with Gasteiger partial charge in [-0.1, -0.05) is 29.8 Å². The van der Waals surface area contributed by atoms with Crippen molar-refractivity contribution in [3.05, 3.63) is 97.5 Å². The average Bonchev–Trinajstić information content (AvgIpc) is 3.12. The second-order valence-corrected chi connectivity index (χ2v) is 7.14. The van der Waals surface area contributed by atoms with Crippen molar-refractivity contribution in [2.45, 2.75) is 13.5 Å². The molecule has 0 aliphatic rings. The largest absolute Gasteiger partial charge is 0.336 e. The van der Waals surface area contributed by atoms with Gasteiger partial charge in [0.15, 0.2) is 0 Å². The Bertz CT molecular complexity index is 1270. The molecule has 4 rings (SSSR count). The molecule has 0 amide bonds. The van der Waals surface area contributed by atoms with Crippen molar-refractivity contribution in [1.82, 2.24) is 9.13 Å². The lowest BCUT2D eigenvalue weighted by Crippen LogP contribution is -2.39. The minimum atomic E-state index is -0.966. The van der Waals surface area contributed by atoms with Gasteiger partial charge in [-0.05, 0) is 36.1 Å². The van der Waals surface area contributed by atoms with Gasteiger partial charge in [-0.3, -0.25) is 9.36 Å². The first-order valence-corrected chi connectivity index (χ1v) is 9.07. The molecule has 2 heterocycles. The summed E-state index contributed by atoms with van der Waals surface area (Å²) in [6.07, 6.45) is 0. The Hall–Kier alpha value is -3.06. The molecule has 0 bridgehead atoms. The number of hydrogen-bond acceptors (Lipinski definition) is 3. The standard InChI is InChI=1S/C20H14F2N2O2S/c1-12-2-4-13(5-3-12)11-23-17-8-9-27-18(17)19(25)24(20(23)26)16-7-6-14(21)10-15(16)22/h2-10H,11H2,1H3. The van der Waals surface area contributed by atoms with Crippen LogP contribution in [0.3, 0.4) is 0 Å². The Kier molecular flexibility index (Phi) is 4.24. The maximum Gasteiger partial charge on any atom is 0.336 e. The highest BCUT2D eigenvalue weighted by Gasteiger charge is 2.18. The quantitative estimate of drug-likeness (QED) is 0.539. The highest BCUT2D eigenvalue weighted by atomic mass is 32.1. The Labute approximate surface area is 156 Å². The van der Waals surface area contributed by atoms with Crippen LogP contribution in [0, 0.1) is 18.6 Å². The van der Waals surface area contributed by atoms with E-state index in [9.17, 15) is 18.4 Å². The third kappa shape index (κ3) is 3.00. The molecule has 4 aromatic rings. The number of nitrogens with zero attached hydrogens (tertiary/aromatic N) is 2. The van der Waals surface area contributed by atoms with Crippen LogP contribution in [-0.4, -0.2) is 9.13 Å². The second-order valence-electron chi connectivity index (χ2n) is 6.23. The molecule has 0 aliphatic heterocycles. The predicted molar refractivity (Wildman–Crippen MR) is 102 cm³/mol. The van der Waals surface area contributed by atoms with Crippen LogP contribution in [0.5, 0.6) is 0 Å². The Morgan fingerprint density at radius 3 is 2.44 bits per heavy atom. The summed E-state index contributed by atoms with van der Waals surface area (Å²) in [4.78, 5) is 25.9. The molecule has 136 valence electrons. The third-order valence-corrected chi connectivity index (χ3v) is 5.26. The van der Waals surface area contributed by atoms with Crippen LogP contribution < -0.4 is 11.2 Å². The van der Waals surface area contributed by atoms with E-state index < -0.39 is 22.9 Å². The van der Waals surface area contributed by atoms with E-state index in [1.54, 1.807) is 11.4 Å². The van der Waals surface area contributed by atoms with Crippen LogP contribution >= 0.6 is 11.3 Å². The molecular formula is C20H14F2N2O2S. The SMILES string of the molecule is Cc1ccc(Cn2c(=O)n(-c3ccc(F)cc3F)c(=O)c3sccc32)cc1. The van der Waals surface area contributed by atoms with Crippen molar-refractivity contribution in [3.8, 4) is 5.69 Å². The molecular weight excluding hydrogens is 370 g/mol. The molecule has 0 unspecified atom stereocenters. The summed E-state index contributed by atoms with van der Waals surface area (Å²) < 4.78 is 30.1. The fourth-order valence-corrected chi connectivity index (χ4v) is 3.82. The van der Waals surface area contributed by atoms with Crippen molar-refractivity contribution in [3.63, 3.8) is 0 Å². The van der Waals surface area contributed by atoms with E-state index in [0.717, 1.165) is 27.8 Å². The van der Waals surface area contributed by atoms with E-state index in [-0.39, 0.29) is 12.2 Å². The number of aromatic nitrogens is 2. The maximum atomic E-state index is 14.3. The first-order valence-electron chi connectivity index (χ1n) is 8.20. The number of rotatable bonds is 3. The van der Waals surface area contributed by atoms with E-state index in [0.29, 0.717) is 16.3 Å². The highest BCUT2D eigenvalue weighted by molar-refractivity contribution is 7.17. The van der Waals surface area contributed by atoms with E-state index in [4.69, 9.17) is 0 Å². The zero-order valence-electron chi connectivity index (χ0n) is 14.3. The lowest BCUT2D eigenvalue weighted by Gasteiger charge is -2.13. The van der Waals surface area contributed by atoms with Crippen molar-refractivity contribution >= 4 is 21.6 Å². The monoisotopic (exact) mass is 384 g/mol. The summed E-state index contributed by atoms with van der Waals surface area (Å²) >= 11 is 1.18. The normalized spacial score (nSPS) is 11.2. The number of thiophene rings is 1. The first kappa shape index (κ1) is 17.4. The lowest BCUT2D eigenvalue weighted by atomic mass is 10.1. The van der Waals surface area contributed by atoms with E-state index in [1.165, 1.54) is 15.9 Å². The minimum absolute atomic E-state index is 0.232. The summed E-state index contributed by atoms with van der Waals surface area (Å²) in [6, 6.07) is 12.1. The molecule has 0 atom stereocenters. The average molecular weight is 384 g/mol. The van der Waals surface area contributed by atoms with Crippen LogP contribution in [0.2, 0.25) is 0 Å². The molecule has 0 fully saturated rings. The van der Waals surface area contributed by atoms with E-state index in [1.807, 2.05) is 31.2 Å². The van der Waals surface area contributed by atoms with Gasteiger partial charge in [0.05, 0.1) is 17.7 Å². The molecule has 27 heavy (non-hydrogen) atoms. The van der Waals surface area contributed by atoms with Gasteiger partial charge < -0.3 is 0 Å². The number of halogens is 2. The van der Waals surface area contributed by atoms with E-state index in [2.05, 4.69) is 0 Å². The molecule has 2 aromatic heterocycles. The van der Waals surface area contributed by atoms with Gasteiger partial charge in [0, 0.05) is 6.07 Å². The fourth-order valence-electron chi connectivity index (χ4n) is 2.99. The first-order chi connectivity index (χ1) is 13.0. The van der Waals surface area contributed by atoms with Crippen LogP contribution in [0.25, 0.3) is 15.9 Å². The van der Waals surface area contributed by atoms with Crippen molar-refractivity contribution in [2.75, 3.05) is 0 Å². The van der Waals surface area contributed by atoms with Crippen molar-refractivity contribution < 1.29 is 8.78 Å². The number of benzene rings is 2. The van der Waals surface area contributed by atoms with Gasteiger partial charge in [-0.15, -0.1) is 11.3 Å². The Morgan fingerprint density at radius 1 is 1.00 bits per heavy atom. The molecule has 0 saturated carbocycles. The highest BCUT2D eigenvalue weighted by Crippen LogP contribution is 2.19. The summed E-state index contributed by atoms with van der Waals surface area (Å²) in [6.45, 7) is 2.19. The van der Waals surface area contributed by atoms with Crippen molar-refractivity contribution in [1.29, 1.82) is 0 Å². The molecule has 0 spiro atoms.